The van der Waals surface area contributed by atoms with Gasteiger partial charge in [-0.15, -0.1) is 0 Å². The van der Waals surface area contributed by atoms with E-state index in [2.05, 4.69) is 12.2 Å². The summed E-state index contributed by atoms with van der Waals surface area (Å²) >= 11 is 0. The van der Waals surface area contributed by atoms with Gasteiger partial charge in [-0.25, -0.2) is 4.79 Å². The normalized spacial score (nSPS) is 25.9. The Morgan fingerprint density at radius 3 is 2.14 bits per heavy atom. The monoisotopic (exact) mass is 200 g/mol. The number of hydrogen-bond donors (Lipinski definition) is 2. The van der Waals surface area contributed by atoms with E-state index in [-0.39, 0.29) is 6.03 Å². The van der Waals surface area contributed by atoms with Crippen LogP contribution < -0.4 is 11.1 Å². The number of hydrogen-bond acceptors (Lipinski definition) is 1. The number of nitrogens with two attached hydrogens (primary N) is 1. The Labute approximate surface area is 87.4 Å². The molecule has 1 aliphatic rings. The molecule has 2 amide bonds. The zero-order valence-corrected chi connectivity index (χ0v) is 9.68. The number of primary amides is 1. The quantitative estimate of drug-likeness (QED) is 0.707. The van der Waals surface area contributed by atoms with Crippen LogP contribution in [0.25, 0.3) is 0 Å². The van der Waals surface area contributed by atoms with E-state index in [1.54, 1.807) is 0 Å². The number of carbonyl (C=O) groups is 1. The second-order valence-electron chi connectivity index (χ2n) is 3.63. The Morgan fingerprint density at radius 2 is 1.79 bits per heavy atom. The summed E-state index contributed by atoms with van der Waals surface area (Å²) in [5.74, 6) is 0.871. The Hall–Kier alpha value is -0.730. The third-order valence-electron chi connectivity index (χ3n) is 2.77. The maximum absolute atomic E-state index is 10.5. The first-order chi connectivity index (χ1) is 6.72. The van der Waals surface area contributed by atoms with Crippen LogP contribution in [0.4, 0.5) is 4.79 Å². The second-order valence-corrected chi connectivity index (χ2v) is 3.63. The SMILES string of the molecule is CC.CCC1CCC(NC(N)=O)CC1. The lowest BCUT2D eigenvalue weighted by Crippen LogP contribution is -2.40. The van der Waals surface area contributed by atoms with Crippen molar-refractivity contribution >= 4 is 6.03 Å². The molecular formula is C11H24N2O. The molecule has 1 rings (SSSR count). The van der Waals surface area contributed by atoms with E-state index in [1.807, 2.05) is 13.8 Å². The molecule has 14 heavy (non-hydrogen) atoms. The van der Waals surface area contributed by atoms with E-state index in [4.69, 9.17) is 5.73 Å². The predicted octanol–water partition coefficient (Wildman–Crippen LogP) is 2.65. The molecule has 0 aromatic carbocycles. The average Bonchev–Trinajstić information content (AvgIpc) is 2.21. The van der Waals surface area contributed by atoms with Crippen molar-refractivity contribution in [3.8, 4) is 0 Å². The molecule has 0 aromatic rings. The highest BCUT2D eigenvalue weighted by molar-refractivity contribution is 5.71. The van der Waals surface area contributed by atoms with Gasteiger partial charge < -0.3 is 11.1 Å². The highest BCUT2D eigenvalue weighted by Crippen LogP contribution is 2.26. The summed E-state index contributed by atoms with van der Waals surface area (Å²) in [5, 5.41) is 2.77. The summed E-state index contributed by atoms with van der Waals surface area (Å²) in [6, 6.07) is -0.0414. The molecule has 1 fully saturated rings. The first-order valence-electron chi connectivity index (χ1n) is 5.78. The standard InChI is InChI=1S/C9H18N2O.C2H6/c1-2-7-3-5-8(6-4-7)11-9(10)12;1-2/h7-8H,2-6H2,1H3,(H3,10,11,12);1-2H3. The van der Waals surface area contributed by atoms with Gasteiger partial charge in [-0.1, -0.05) is 27.2 Å². The number of carbonyl (C=O) groups excluding carboxylic acids is 1. The summed E-state index contributed by atoms with van der Waals surface area (Å²) in [5.41, 5.74) is 5.04. The fraction of sp³-hybridized carbons (Fsp3) is 0.909. The van der Waals surface area contributed by atoms with Crippen LogP contribution in [0, 0.1) is 5.92 Å². The maximum atomic E-state index is 10.5. The largest absolute Gasteiger partial charge is 0.352 e. The van der Waals surface area contributed by atoms with Crippen molar-refractivity contribution in [1.29, 1.82) is 0 Å². The van der Waals surface area contributed by atoms with Gasteiger partial charge >= 0.3 is 6.03 Å². The molecule has 1 aliphatic carbocycles. The fourth-order valence-corrected chi connectivity index (χ4v) is 1.92. The minimum Gasteiger partial charge on any atom is -0.352 e. The minimum absolute atomic E-state index is 0.338. The third kappa shape index (κ3) is 5.10. The van der Waals surface area contributed by atoms with Gasteiger partial charge in [-0.05, 0) is 31.6 Å². The molecule has 0 spiro atoms. The maximum Gasteiger partial charge on any atom is 0.312 e. The number of rotatable bonds is 2. The van der Waals surface area contributed by atoms with E-state index in [0.29, 0.717) is 6.04 Å². The molecule has 0 saturated heterocycles. The number of urea groups is 1. The summed E-state index contributed by atoms with van der Waals surface area (Å²) in [4.78, 5) is 10.5. The molecule has 0 heterocycles. The van der Waals surface area contributed by atoms with Gasteiger partial charge in [0, 0.05) is 6.04 Å². The van der Waals surface area contributed by atoms with Gasteiger partial charge in [0.05, 0.1) is 0 Å². The fourth-order valence-electron chi connectivity index (χ4n) is 1.92. The van der Waals surface area contributed by atoms with E-state index in [9.17, 15) is 4.79 Å². The summed E-state index contributed by atoms with van der Waals surface area (Å²) in [6.45, 7) is 6.23. The molecule has 1 saturated carbocycles. The minimum atomic E-state index is -0.380. The van der Waals surface area contributed by atoms with Crippen LogP contribution in [0.1, 0.15) is 52.9 Å². The molecule has 3 heteroatoms. The predicted molar refractivity (Wildman–Crippen MR) is 60.1 cm³/mol. The van der Waals surface area contributed by atoms with Crippen molar-refractivity contribution in [2.75, 3.05) is 0 Å². The Kier molecular flexibility index (Phi) is 7.25. The smallest absolute Gasteiger partial charge is 0.312 e. The number of amides is 2. The van der Waals surface area contributed by atoms with Crippen molar-refractivity contribution in [3.63, 3.8) is 0 Å². The first kappa shape index (κ1) is 13.3. The zero-order chi connectivity index (χ0) is 11.0. The van der Waals surface area contributed by atoms with E-state index < -0.39 is 0 Å². The third-order valence-corrected chi connectivity index (χ3v) is 2.77. The van der Waals surface area contributed by atoms with Crippen LogP contribution in [-0.2, 0) is 0 Å². The Balaban J connectivity index is 0.000000791. The summed E-state index contributed by atoms with van der Waals surface area (Å²) < 4.78 is 0. The van der Waals surface area contributed by atoms with Crippen molar-refractivity contribution in [2.24, 2.45) is 11.7 Å². The van der Waals surface area contributed by atoms with Gasteiger partial charge in [0.15, 0.2) is 0 Å². The van der Waals surface area contributed by atoms with Crippen LogP contribution in [0.2, 0.25) is 0 Å². The molecule has 3 nitrogen and oxygen atoms in total. The highest BCUT2D eigenvalue weighted by atomic mass is 16.2. The molecule has 84 valence electrons. The number of nitrogens with one attached hydrogen (secondary N) is 1. The van der Waals surface area contributed by atoms with Gasteiger partial charge in [0.25, 0.3) is 0 Å². The molecule has 0 aliphatic heterocycles. The molecular weight excluding hydrogens is 176 g/mol. The van der Waals surface area contributed by atoms with Gasteiger partial charge in [-0.3, -0.25) is 0 Å². The molecule has 0 unspecified atom stereocenters. The lowest BCUT2D eigenvalue weighted by atomic mass is 9.85. The van der Waals surface area contributed by atoms with Gasteiger partial charge in [-0.2, -0.15) is 0 Å². The van der Waals surface area contributed by atoms with Gasteiger partial charge in [0.1, 0.15) is 0 Å². The Morgan fingerprint density at radius 1 is 1.29 bits per heavy atom. The molecule has 0 aromatic heterocycles. The van der Waals surface area contributed by atoms with Crippen LogP contribution in [0.3, 0.4) is 0 Å². The van der Waals surface area contributed by atoms with Crippen LogP contribution >= 0.6 is 0 Å². The second kappa shape index (κ2) is 7.65. The zero-order valence-electron chi connectivity index (χ0n) is 9.68. The molecule has 0 bridgehead atoms. The first-order valence-corrected chi connectivity index (χ1v) is 5.78. The van der Waals surface area contributed by atoms with Crippen LogP contribution in [0.15, 0.2) is 0 Å². The summed E-state index contributed by atoms with van der Waals surface area (Å²) in [6.07, 6.45) is 5.94. The van der Waals surface area contributed by atoms with E-state index in [0.717, 1.165) is 18.8 Å². The van der Waals surface area contributed by atoms with Crippen LogP contribution in [-0.4, -0.2) is 12.1 Å². The lowest BCUT2D eigenvalue weighted by molar-refractivity contribution is 0.234. The lowest BCUT2D eigenvalue weighted by Gasteiger charge is -2.27. The van der Waals surface area contributed by atoms with Crippen molar-refractivity contribution < 1.29 is 4.79 Å². The van der Waals surface area contributed by atoms with E-state index in [1.165, 1.54) is 19.3 Å². The highest BCUT2D eigenvalue weighted by Gasteiger charge is 2.20. The van der Waals surface area contributed by atoms with E-state index >= 15 is 0 Å². The van der Waals surface area contributed by atoms with Crippen molar-refractivity contribution in [3.05, 3.63) is 0 Å². The molecule has 3 N–H and O–H groups in total. The van der Waals surface area contributed by atoms with Gasteiger partial charge in [0.2, 0.25) is 0 Å². The van der Waals surface area contributed by atoms with Crippen LogP contribution in [0.5, 0.6) is 0 Å². The molecule has 0 atom stereocenters. The Bertz CT molecular complexity index is 151. The van der Waals surface area contributed by atoms with Crippen molar-refractivity contribution in [2.45, 2.75) is 58.9 Å². The van der Waals surface area contributed by atoms with Crippen molar-refractivity contribution in [1.82, 2.24) is 5.32 Å². The topological polar surface area (TPSA) is 55.1 Å². The molecule has 0 radical (unpaired) electrons. The summed E-state index contributed by atoms with van der Waals surface area (Å²) in [7, 11) is 0. The average molecular weight is 200 g/mol.